The zero-order chi connectivity index (χ0) is 29.3. The molecule has 0 radical (unpaired) electrons. The van der Waals surface area contributed by atoms with Crippen LogP contribution in [0.4, 0.5) is 0 Å². The molecule has 226 valence electrons. The van der Waals surface area contributed by atoms with Gasteiger partial charge in [-0.25, -0.2) is 0 Å². The molecule has 0 N–H and O–H groups in total. The molecular formula is C24H56N2O8Ru2. The van der Waals surface area contributed by atoms with E-state index in [9.17, 15) is 0 Å². The molecule has 0 saturated carbocycles. The Morgan fingerprint density at radius 1 is 0.361 bits per heavy atom. The van der Waals surface area contributed by atoms with Crippen LogP contribution in [0.15, 0.2) is 0 Å². The molecule has 0 aromatic rings. The Kier molecular flexibility index (Phi) is 30.0. The van der Waals surface area contributed by atoms with Crippen LogP contribution in [0, 0.1) is 0 Å². The van der Waals surface area contributed by atoms with E-state index in [-0.39, 0.29) is 0 Å². The summed E-state index contributed by atoms with van der Waals surface area (Å²) in [5.74, 6) is 0. The quantitative estimate of drug-likeness (QED) is 0.174. The van der Waals surface area contributed by atoms with E-state index in [1.165, 1.54) is 113 Å². The molecule has 0 aliphatic rings. The first-order valence-corrected chi connectivity index (χ1v) is 19.0. The van der Waals surface area contributed by atoms with Crippen LogP contribution in [-0.2, 0) is 51.4 Å². The number of hydrogen-bond acceptors (Lipinski definition) is 8. The Morgan fingerprint density at radius 2 is 0.444 bits per heavy atom. The molecule has 0 aliphatic carbocycles. The van der Waals surface area contributed by atoms with Crippen LogP contribution in [0.2, 0.25) is 0 Å². The first kappa shape index (κ1) is 43.0. The van der Waals surface area contributed by atoms with Gasteiger partial charge < -0.3 is 8.97 Å². The Balaban J connectivity index is -0.000000208. The van der Waals surface area contributed by atoms with Crippen molar-refractivity contribution in [2.45, 2.75) is 107 Å². The molecule has 0 unspecified atom stereocenters. The van der Waals surface area contributed by atoms with Crippen LogP contribution in [0.1, 0.15) is 107 Å². The van der Waals surface area contributed by atoms with Gasteiger partial charge in [-0.15, -0.1) is 0 Å². The van der Waals surface area contributed by atoms with Crippen molar-refractivity contribution in [3.8, 4) is 0 Å². The first-order chi connectivity index (χ1) is 16.5. The van der Waals surface area contributed by atoms with Crippen molar-refractivity contribution in [1.29, 1.82) is 0 Å². The van der Waals surface area contributed by atoms with Crippen molar-refractivity contribution >= 4 is 0 Å². The maximum absolute atomic E-state index is 8.61. The van der Waals surface area contributed by atoms with Gasteiger partial charge in [0.1, 0.15) is 0 Å². The summed E-state index contributed by atoms with van der Waals surface area (Å²) in [5.41, 5.74) is 0. The van der Waals surface area contributed by atoms with Crippen LogP contribution in [0.5, 0.6) is 0 Å². The second kappa shape index (κ2) is 25.2. The Labute approximate surface area is 226 Å². The number of rotatable bonds is 16. The van der Waals surface area contributed by atoms with E-state index >= 15 is 0 Å². The average molecular weight is 703 g/mol. The summed E-state index contributed by atoms with van der Waals surface area (Å²) < 4.78 is 71.6. The van der Waals surface area contributed by atoms with Gasteiger partial charge in [0, 0.05) is 0 Å². The fourth-order valence-electron chi connectivity index (χ4n) is 5.14. The molecule has 0 bridgehead atoms. The molecule has 36 heavy (non-hydrogen) atoms. The molecule has 0 aliphatic heterocycles. The third-order valence-electron chi connectivity index (χ3n) is 5.58. The summed E-state index contributed by atoms with van der Waals surface area (Å²) in [7, 11) is 0. The van der Waals surface area contributed by atoms with Crippen molar-refractivity contribution in [1.82, 2.24) is 0 Å². The van der Waals surface area contributed by atoms with Crippen LogP contribution in [0.25, 0.3) is 0 Å². The van der Waals surface area contributed by atoms with Gasteiger partial charge in [0.15, 0.2) is 0 Å². The number of quaternary nitrogens is 2. The van der Waals surface area contributed by atoms with Crippen LogP contribution in [-0.4, -0.2) is 61.3 Å². The Bertz CT molecular complexity index is 647. The predicted molar refractivity (Wildman–Crippen MR) is 126 cm³/mol. The van der Waals surface area contributed by atoms with Crippen LogP contribution in [0.3, 0.4) is 0 Å². The molecular weight excluding hydrogens is 646 g/mol. The van der Waals surface area contributed by atoms with E-state index in [1.54, 1.807) is 0 Å². The minimum atomic E-state index is -5.86. The van der Waals surface area contributed by atoms with Gasteiger partial charge in [0.25, 0.3) is 0 Å². The molecule has 12 heteroatoms. The fraction of sp³-hybridized carbons (Fsp3) is 1.00. The zero-order valence-corrected chi connectivity index (χ0v) is 27.7. The molecule has 0 aromatic carbocycles. The van der Waals surface area contributed by atoms with Crippen molar-refractivity contribution in [3.05, 3.63) is 0 Å². The minimum absolute atomic E-state index is 1.33. The van der Waals surface area contributed by atoms with E-state index < -0.39 is 30.0 Å². The van der Waals surface area contributed by atoms with Gasteiger partial charge in [-0.2, -0.15) is 0 Å². The van der Waals surface area contributed by atoms with Crippen LogP contribution < -0.4 is 7.87 Å². The Hall–Kier alpha value is -0.113. The maximum atomic E-state index is 8.61. The molecule has 0 aromatic heterocycles. The van der Waals surface area contributed by atoms with Crippen molar-refractivity contribution in [2.75, 3.05) is 52.4 Å². The number of nitrogens with zero attached hydrogens (tertiary/aromatic N) is 2. The molecule has 0 saturated heterocycles. The zero-order valence-electron chi connectivity index (χ0n) is 24.2. The van der Waals surface area contributed by atoms with E-state index in [1.807, 2.05) is 0 Å². The molecule has 0 heterocycles. The summed E-state index contributed by atoms with van der Waals surface area (Å²) in [5, 5.41) is 0. The fourth-order valence-corrected chi connectivity index (χ4v) is 5.14. The third-order valence-corrected chi connectivity index (χ3v) is 5.58. The topological polar surface area (TPSA) is 149 Å². The van der Waals surface area contributed by atoms with E-state index in [4.69, 9.17) is 29.3 Å². The number of hydrogen-bond donors (Lipinski definition) is 0. The van der Waals surface area contributed by atoms with Crippen molar-refractivity contribution in [2.24, 2.45) is 0 Å². The molecule has 0 fully saturated rings. The second-order valence-corrected chi connectivity index (χ2v) is 12.7. The van der Waals surface area contributed by atoms with E-state index in [2.05, 4.69) is 55.4 Å². The normalized spacial score (nSPS) is 11.8. The standard InChI is InChI=1S/2C12H28N.8O.2Ru/c2*1-5-9-13(10-6-2,11-7-3)12-8-4;;;;;;;;;;/h2*5-12H2,1-4H3;;;;;;;;;;/q2*+1;;;;;;;2*-1;;. The third kappa shape index (κ3) is 36.0. The summed E-state index contributed by atoms with van der Waals surface area (Å²) in [6, 6.07) is 0. The van der Waals surface area contributed by atoms with Gasteiger partial charge in [-0.3, -0.25) is 0 Å². The summed E-state index contributed by atoms with van der Waals surface area (Å²) in [4.78, 5) is 0. The van der Waals surface area contributed by atoms with Crippen molar-refractivity contribution in [3.63, 3.8) is 0 Å². The summed E-state index contributed by atoms with van der Waals surface area (Å²) >= 11 is -11.7. The van der Waals surface area contributed by atoms with Gasteiger partial charge in [0.2, 0.25) is 0 Å². The molecule has 0 rings (SSSR count). The van der Waals surface area contributed by atoms with Crippen LogP contribution >= 0.6 is 0 Å². The van der Waals surface area contributed by atoms with Crippen molar-refractivity contribution < 1.29 is 68.2 Å². The van der Waals surface area contributed by atoms with Gasteiger partial charge >= 0.3 is 59.3 Å². The Morgan fingerprint density at radius 3 is 0.500 bits per heavy atom. The van der Waals surface area contributed by atoms with Gasteiger partial charge in [-0.1, -0.05) is 55.4 Å². The van der Waals surface area contributed by atoms with E-state index in [0.29, 0.717) is 0 Å². The summed E-state index contributed by atoms with van der Waals surface area (Å²) in [6.07, 6.45) is 10.7. The monoisotopic (exact) mass is 704 g/mol. The molecule has 0 amide bonds. The molecule has 0 spiro atoms. The average Bonchev–Trinajstić information content (AvgIpc) is 2.68. The van der Waals surface area contributed by atoms with E-state index in [0.717, 1.165) is 0 Å². The second-order valence-electron chi connectivity index (χ2n) is 9.18. The predicted octanol–water partition coefficient (Wildman–Crippen LogP) is 3.79. The molecule has 10 nitrogen and oxygen atoms in total. The summed E-state index contributed by atoms with van der Waals surface area (Å²) in [6.45, 7) is 29.6. The van der Waals surface area contributed by atoms with Gasteiger partial charge in [-0.05, 0) is 51.4 Å². The SMILES string of the molecule is CCC[N+](CCC)(CCC)CCC.CCC[N+](CCC)(CCC)CCC.[O]=[Ru](=[O])(=[O])[O-].[O]=[Ru](=[O])(=[O])[O-]. The molecule has 0 atom stereocenters. The van der Waals surface area contributed by atoms with Gasteiger partial charge in [0.05, 0.1) is 52.4 Å². The first-order valence-electron chi connectivity index (χ1n) is 13.3.